The number of hydrogen-bond donors (Lipinski definition) is 1. The highest BCUT2D eigenvalue weighted by atomic mass is 16.6. The van der Waals surface area contributed by atoms with Gasteiger partial charge in [0.1, 0.15) is 0 Å². The fourth-order valence-corrected chi connectivity index (χ4v) is 2.09. The lowest BCUT2D eigenvalue weighted by Gasteiger charge is -2.29. The van der Waals surface area contributed by atoms with Crippen LogP contribution in [0.1, 0.15) is 48.5 Å². The van der Waals surface area contributed by atoms with Gasteiger partial charge in [-0.2, -0.15) is 0 Å². The molecule has 0 aliphatic rings. The predicted octanol–water partition coefficient (Wildman–Crippen LogP) is 2.87. The summed E-state index contributed by atoms with van der Waals surface area (Å²) in [6.07, 6.45) is 0.199. The van der Waals surface area contributed by atoms with Gasteiger partial charge in [-0.15, -0.1) is 0 Å². The van der Waals surface area contributed by atoms with E-state index in [9.17, 15) is 0 Å². The quantitative estimate of drug-likeness (QED) is 0.635. The monoisotopic (exact) mass is 290 g/mol. The second kappa shape index (κ2) is 10.6. The number of aliphatic hydroxyl groups excluding tert-OH is 1. The van der Waals surface area contributed by atoms with Crippen molar-refractivity contribution in [2.45, 2.75) is 72.9 Å². The molecule has 0 saturated heterocycles. The molecule has 0 aliphatic heterocycles. The topological polar surface area (TPSA) is 47.9 Å². The van der Waals surface area contributed by atoms with Crippen molar-refractivity contribution in [2.75, 3.05) is 19.8 Å². The smallest absolute Gasteiger partial charge is 0.0784 e. The molecule has 3 unspecified atom stereocenters. The first kappa shape index (κ1) is 19.8. The lowest BCUT2D eigenvalue weighted by Crippen LogP contribution is -2.33. The van der Waals surface area contributed by atoms with Gasteiger partial charge in [-0.05, 0) is 32.6 Å². The Bertz CT molecular complexity index is 223. The van der Waals surface area contributed by atoms with E-state index >= 15 is 0 Å². The number of aliphatic hydroxyl groups is 1. The van der Waals surface area contributed by atoms with Crippen LogP contribution in [-0.4, -0.2) is 49.3 Å². The minimum atomic E-state index is -0.138. The van der Waals surface area contributed by atoms with Gasteiger partial charge >= 0.3 is 0 Å². The van der Waals surface area contributed by atoms with Crippen LogP contribution in [0.15, 0.2) is 0 Å². The molecular formula is C16H34O4. The van der Waals surface area contributed by atoms with E-state index in [2.05, 4.69) is 27.7 Å². The Hall–Kier alpha value is -0.160. The molecule has 0 aromatic heterocycles. The van der Waals surface area contributed by atoms with Crippen LogP contribution >= 0.6 is 0 Å². The van der Waals surface area contributed by atoms with Gasteiger partial charge < -0.3 is 19.3 Å². The highest BCUT2D eigenvalue weighted by molar-refractivity contribution is 4.68. The molecule has 3 atom stereocenters. The summed E-state index contributed by atoms with van der Waals surface area (Å²) >= 11 is 0. The van der Waals surface area contributed by atoms with Crippen LogP contribution in [0.4, 0.5) is 0 Å². The SMILES string of the molecule is CC(CO)OCC(C)OCC(C)OC(C(C)C)C(C)C. The fourth-order valence-electron chi connectivity index (χ4n) is 2.09. The standard InChI is InChI=1S/C16H34O4/c1-11(2)16(12(3)4)20-15(7)10-19-14(6)9-18-13(5)8-17/h11-17H,8-10H2,1-7H3. The lowest BCUT2D eigenvalue weighted by atomic mass is 9.96. The normalized spacial score (nSPS) is 16.9. The molecule has 0 rings (SSSR count). The van der Waals surface area contributed by atoms with Crippen molar-refractivity contribution >= 4 is 0 Å². The fraction of sp³-hybridized carbons (Fsp3) is 1.00. The van der Waals surface area contributed by atoms with Crippen molar-refractivity contribution < 1.29 is 19.3 Å². The molecule has 0 aromatic carbocycles. The highest BCUT2D eigenvalue weighted by Gasteiger charge is 2.21. The van der Waals surface area contributed by atoms with Crippen molar-refractivity contribution in [1.29, 1.82) is 0 Å². The minimum absolute atomic E-state index is 0.00611. The molecule has 0 heterocycles. The van der Waals surface area contributed by atoms with Gasteiger partial charge in [0.25, 0.3) is 0 Å². The number of rotatable bonds is 11. The summed E-state index contributed by atoms with van der Waals surface area (Å²) in [5, 5.41) is 8.88. The third kappa shape index (κ3) is 8.90. The van der Waals surface area contributed by atoms with Crippen molar-refractivity contribution in [3.05, 3.63) is 0 Å². The Kier molecular flexibility index (Phi) is 10.5. The summed E-state index contributed by atoms with van der Waals surface area (Å²) in [5.74, 6) is 1.01. The molecule has 0 saturated carbocycles. The molecule has 0 aliphatic carbocycles. The maximum atomic E-state index is 8.88. The molecule has 0 spiro atoms. The summed E-state index contributed by atoms with van der Waals surface area (Å²) < 4.78 is 17.2. The highest BCUT2D eigenvalue weighted by Crippen LogP contribution is 2.18. The van der Waals surface area contributed by atoms with Gasteiger partial charge in [0.2, 0.25) is 0 Å². The first-order valence-electron chi connectivity index (χ1n) is 7.77. The summed E-state index contributed by atoms with van der Waals surface area (Å²) in [6, 6.07) is 0. The molecule has 4 heteroatoms. The summed E-state index contributed by atoms with van der Waals surface area (Å²) in [6.45, 7) is 15.7. The van der Waals surface area contributed by atoms with Gasteiger partial charge in [0, 0.05) is 0 Å². The first-order chi connectivity index (χ1) is 9.27. The molecule has 0 fully saturated rings. The summed E-state index contributed by atoms with van der Waals surface area (Å²) in [7, 11) is 0. The summed E-state index contributed by atoms with van der Waals surface area (Å²) in [5.41, 5.74) is 0. The van der Waals surface area contributed by atoms with E-state index in [1.165, 1.54) is 0 Å². The van der Waals surface area contributed by atoms with Crippen LogP contribution in [0.3, 0.4) is 0 Å². The van der Waals surface area contributed by atoms with Gasteiger partial charge in [-0.3, -0.25) is 0 Å². The molecule has 20 heavy (non-hydrogen) atoms. The second-order valence-corrected chi connectivity index (χ2v) is 6.37. The molecule has 0 bridgehead atoms. The molecule has 4 nitrogen and oxygen atoms in total. The first-order valence-corrected chi connectivity index (χ1v) is 7.77. The van der Waals surface area contributed by atoms with E-state index in [1.807, 2.05) is 20.8 Å². The Morgan fingerprint density at radius 3 is 1.60 bits per heavy atom. The molecule has 1 N–H and O–H groups in total. The van der Waals surface area contributed by atoms with Gasteiger partial charge in [0.05, 0.1) is 44.2 Å². The third-order valence-electron chi connectivity index (χ3n) is 3.19. The van der Waals surface area contributed by atoms with Crippen LogP contribution in [0.2, 0.25) is 0 Å². The maximum Gasteiger partial charge on any atom is 0.0784 e. The zero-order valence-electron chi connectivity index (χ0n) is 14.3. The average Bonchev–Trinajstić information content (AvgIpc) is 2.38. The van der Waals surface area contributed by atoms with E-state index in [-0.39, 0.29) is 31.0 Å². The molecule has 122 valence electrons. The van der Waals surface area contributed by atoms with Crippen molar-refractivity contribution in [3.63, 3.8) is 0 Å². The van der Waals surface area contributed by atoms with Crippen molar-refractivity contribution in [3.8, 4) is 0 Å². The molecule has 0 radical (unpaired) electrons. The van der Waals surface area contributed by atoms with E-state index in [0.717, 1.165) is 0 Å². The van der Waals surface area contributed by atoms with Crippen molar-refractivity contribution in [1.82, 2.24) is 0 Å². The van der Waals surface area contributed by atoms with Crippen LogP contribution in [-0.2, 0) is 14.2 Å². The van der Waals surface area contributed by atoms with E-state index in [1.54, 1.807) is 0 Å². The van der Waals surface area contributed by atoms with E-state index in [4.69, 9.17) is 19.3 Å². The lowest BCUT2D eigenvalue weighted by molar-refractivity contribution is -0.107. The van der Waals surface area contributed by atoms with Crippen LogP contribution in [0.25, 0.3) is 0 Å². The third-order valence-corrected chi connectivity index (χ3v) is 3.19. The second-order valence-electron chi connectivity index (χ2n) is 6.37. The van der Waals surface area contributed by atoms with Crippen molar-refractivity contribution in [2.24, 2.45) is 11.8 Å². The van der Waals surface area contributed by atoms with Crippen LogP contribution < -0.4 is 0 Å². The zero-order chi connectivity index (χ0) is 15.7. The Labute approximate surface area is 124 Å². The average molecular weight is 290 g/mol. The number of ether oxygens (including phenoxy) is 3. The molecule has 0 amide bonds. The Balaban J connectivity index is 3.94. The van der Waals surface area contributed by atoms with E-state index in [0.29, 0.717) is 25.0 Å². The van der Waals surface area contributed by atoms with E-state index < -0.39 is 0 Å². The Morgan fingerprint density at radius 2 is 1.15 bits per heavy atom. The molecular weight excluding hydrogens is 256 g/mol. The van der Waals surface area contributed by atoms with Crippen LogP contribution in [0.5, 0.6) is 0 Å². The van der Waals surface area contributed by atoms with Gasteiger partial charge in [0.15, 0.2) is 0 Å². The van der Waals surface area contributed by atoms with Crippen LogP contribution in [0, 0.1) is 11.8 Å². The van der Waals surface area contributed by atoms with Gasteiger partial charge in [-0.25, -0.2) is 0 Å². The molecule has 0 aromatic rings. The minimum Gasteiger partial charge on any atom is -0.394 e. The Morgan fingerprint density at radius 1 is 0.700 bits per heavy atom. The van der Waals surface area contributed by atoms with Gasteiger partial charge in [-0.1, -0.05) is 27.7 Å². The largest absolute Gasteiger partial charge is 0.394 e. The number of hydrogen-bond acceptors (Lipinski definition) is 4. The maximum absolute atomic E-state index is 8.88. The zero-order valence-corrected chi connectivity index (χ0v) is 14.3. The predicted molar refractivity (Wildman–Crippen MR) is 81.9 cm³/mol. The summed E-state index contributed by atoms with van der Waals surface area (Å²) in [4.78, 5) is 0.